The monoisotopic (exact) mass is 393 g/mol. The standard InChI is InChI=1S/C19H18Cl2FN3O/c20-13-2-4-14(5-3-13)24-19(26)15-7-8-25(11-18(15)23)10-12-1-6-17(22)16(21)9-12/h1-6,9H,7-8,10-11,23H2,(H,24,26). The van der Waals surface area contributed by atoms with Crippen LogP contribution in [0.5, 0.6) is 0 Å². The molecule has 0 unspecified atom stereocenters. The van der Waals surface area contributed by atoms with Gasteiger partial charge in [-0.05, 0) is 48.4 Å². The highest BCUT2D eigenvalue weighted by Gasteiger charge is 2.22. The second-order valence-corrected chi connectivity index (χ2v) is 7.02. The molecule has 26 heavy (non-hydrogen) atoms. The van der Waals surface area contributed by atoms with Crippen LogP contribution in [-0.4, -0.2) is 23.9 Å². The zero-order valence-corrected chi connectivity index (χ0v) is 15.4. The topological polar surface area (TPSA) is 58.4 Å². The van der Waals surface area contributed by atoms with Gasteiger partial charge in [-0.15, -0.1) is 0 Å². The number of anilines is 1. The summed E-state index contributed by atoms with van der Waals surface area (Å²) in [6, 6.07) is 11.6. The Kier molecular flexibility index (Phi) is 5.81. The average molecular weight is 394 g/mol. The molecule has 0 saturated carbocycles. The van der Waals surface area contributed by atoms with Gasteiger partial charge < -0.3 is 11.1 Å². The molecular weight excluding hydrogens is 376 g/mol. The third-order valence-electron chi connectivity index (χ3n) is 4.23. The van der Waals surface area contributed by atoms with Crippen LogP contribution in [-0.2, 0) is 11.3 Å². The van der Waals surface area contributed by atoms with Crippen LogP contribution in [0.15, 0.2) is 53.7 Å². The van der Waals surface area contributed by atoms with E-state index in [1.54, 1.807) is 36.4 Å². The van der Waals surface area contributed by atoms with Crippen LogP contribution < -0.4 is 11.1 Å². The van der Waals surface area contributed by atoms with Crippen molar-refractivity contribution in [3.05, 3.63) is 75.2 Å². The molecule has 0 bridgehead atoms. The summed E-state index contributed by atoms with van der Waals surface area (Å²) in [4.78, 5) is 14.5. The van der Waals surface area contributed by atoms with Gasteiger partial charge in [-0.2, -0.15) is 0 Å². The van der Waals surface area contributed by atoms with Crippen molar-refractivity contribution in [1.82, 2.24) is 4.90 Å². The summed E-state index contributed by atoms with van der Waals surface area (Å²) >= 11 is 11.7. The van der Waals surface area contributed by atoms with Crippen molar-refractivity contribution < 1.29 is 9.18 Å². The van der Waals surface area contributed by atoms with E-state index >= 15 is 0 Å². The SMILES string of the molecule is NC1=C(C(=O)Nc2ccc(Cl)cc2)CCN(Cc2ccc(F)c(Cl)c2)C1. The maximum atomic E-state index is 13.3. The van der Waals surface area contributed by atoms with E-state index in [1.807, 2.05) is 0 Å². The van der Waals surface area contributed by atoms with Gasteiger partial charge in [0, 0.05) is 41.6 Å². The lowest BCUT2D eigenvalue weighted by atomic mass is 10.0. The van der Waals surface area contributed by atoms with E-state index in [1.165, 1.54) is 6.07 Å². The molecule has 136 valence electrons. The number of rotatable bonds is 4. The normalized spacial score (nSPS) is 15.2. The van der Waals surface area contributed by atoms with Crippen molar-refractivity contribution in [2.75, 3.05) is 18.4 Å². The number of nitrogens with one attached hydrogen (secondary N) is 1. The molecule has 1 amide bonds. The first-order chi connectivity index (χ1) is 12.4. The predicted molar refractivity (Wildman–Crippen MR) is 103 cm³/mol. The summed E-state index contributed by atoms with van der Waals surface area (Å²) in [5.74, 6) is -0.635. The van der Waals surface area contributed by atoms with Crippen LogP contribution in [0.1, 0.15) is 12.0 Å². The number of amides is 1. The summed E-state index contributed by atoms with van der Waals surface area (Å²) < 4.78 is 13.3. The van der Waals surface area contributed by atoms with Crippen LogP contribution in [0.3, 0.4) is 0 Å². The number of hydrogen-bond donors (Lipinski definition) is 2. The van der Waals surface area contributed by atoms with Gasteiger partial charge in [0.05, 0.1) is 5.02 Å². The molecule has 0 aliphatic carbocycles. The minimum absolute atomic E-state index is 0.103. The third kappa shape index (κ3) is 4.55. The lowest BCUT2D eigenvalue weighted by Crippen LogP contribution is -2.36. The van der Waals surface area contributed by atoms with Crippen molar-refractivity contribution in [2.24, 2.45) is 5.73 Å². The maximum absolute atomic E-state index is 13.3. The van der Waals surface area contributed by atoms with Gasteiger partial charge >= 0.3 is 0 Å². The molecule has 0 fully saturated rings. The molecule has 4 nitrogen and oxygen atoms in total. The highest BCUT2D eigenvalue weighted by atomic mass is 35.5. The number of halogens is 3. The first-order valence-electron chi connectivity index (χ1n) is 8.13. The Balaban J connectivity index is 1.64. The molecule has 2 aromatic carbocycles. The van der Waals surface area contributed by atoms with Crippen molar-refractivity contribution in [3.8, 4) is 0 Å². The number of nitrogens with zero attached hydrogens (tertiary/aromatic N) is 1. The Bertz CT molecular complexity index is 852. The largest absolute Gasteiger partial charge is 0.401 e. The van der Waals surface area contributed by atoms with E-state index < -0.39 is 5.82 Å². The second kappa shape index (κ2) is 8.08. The van der Waals surface area contributed by atoms with E-state index in [2.05, 4.69) is 10.2 Å². The fraction of sp³-hybridized carbons (Fsp3) is 0.211. The highest BCUT2D eigenvalue weighted by Crippen LogP contribution is 2.22. The molecule has 0 saturated heterocycles. The molecule has 3 rings (SSSR count). The van der Waals surface area contributed by atoms with E-state index in [0.717, 1.165) is 5.56 Å². The Morgan fingerprint density at radius 2 is 1.92 bits per heavy atom. The molecule has 0 radical (unpaired) electrons. The Labute approximate surface area is 161 Å². The van der Waals surface area contributed by atoms with Gasteiger partial charge in [-0.25, -0.2) is 4.39 Å². The molecule has 0 spiro atoms. The molecule has 0 atom stereocenters. The zero-order chi connectivity index (χ0) is 18.7. The molecule has 7 heteroatoms. The van der Waals surface area contributed by atoms with E-state index in [-0.39, 0.29) is 10.9 Å². The molecule has 2 aromatic rings. The van der Waals surface area contributed by atoms with Crippen LogP contribution in [0.25, 0.3) is 0 Å². The fourth-order valence-corrected chi connectivity index (χ4v) is 3.21. The molecule has 0 aromatic heterocycles. The number of hydrogen-bond acceptors (Lipinski definition) is 3. The summed E-state index contributed by atoms with van der Waals surface area (Å²) in [6.45, 7) is 1.74. The van der Waals surface area contributed by atoms with Gasteiger partial charge in [-0.3, -0.25) is 9.69 Å². The fourth-order valence-electron chi connectivity index (χ4n) is 2.88. The summed E-state index contributed by atoms with van der Waals surface area (Å²) in [7, 11) is 0. The number of carbonyl (C=O) groups is 1. The lowest BCUT2D eigenvalue weighted by Gasteiger charge is -2.29. The average Bonchev–Trinajstić information content (AvgIpc) is 2.60. The summed E-state index contributed by atoms with van der Waals surface area (Å²) in [6.07, 6.45) is 0.542. The van der Waals surface area contributed by atoms with Crippen molar-refractivity contribution >= 4 is 34.8 Å². The van der Waals surface area contributed by atoms with Crippen molar-refractivity contribution in [2.45, 2.75) is 13.0 Å². The number of benzene rings is 2. The van der Waals surface area contributed by atoms with Gasteiger partial charge in [-0.1, -0.05) is 29.3 Å². The Morgan fingerprint density at radius 3 is 2.58 bits per heavy atom. The van der Waals surface area contributed by atoms with Crippen LogP contribution in [0.2, 0.25) is 10.0 Å². The van der Waals surface area contributed by atoms with Crippen LogP contribution >= 0.6 is 23.2 Å². The maximum Gasteiger partial charge on any atom is 0.253 e. The Morgan fingerprint density at radius 1 is 1.19 bits per heavy atom. The van der Waals surface area contributed by atoms with E-state index in [0.29, 0.717) is 48.0 Å². The predicted octanol–water partition coefficient (Wildman–Crippen LogP) is 4.19. The highest BCUT2D eigenvalue weighted by molar-refractivity contribution is 6.31. The second-order valence-electron chi connectivity index (χ2n) is 6.17. The smallest absolute Gasteiger partial charge is 0.253 e. The summed E-state index contributed by atoms with van der Waals surface area (Å²) in [5.41, 5.74) is 8.83. The Hall–Kier alpha value is -2.08. The molecule has 1 aliphatic rings. The number of nitrogens with two attached hydrogens (primary N) is 1. The third-order valence-corrected chi connectivity index (χ3v) is 4.77. The van der Waals surface area contributed by atoms with E-state index in [9.17, 15) is 9.18 Å². The van der Waals surface area contributed by atoms with Gasteiger partial charge in [0.25, 0.3) is 5.91 Å². The summed E-state index contributed by atoms with van der Waals surface area (Å²) in [5, 5.41) is 3.54. The quantitative estimate of drug-likeness (QED) is 0.818. The van der Waals surface area contributed by atoms with Crippen LogP contribution in [0.4, 0.5) is 10.1 Å². The number of carbonyl (C=O) groups excluding carboxylic acids is 1. The van der Waals surface area contributed by atoms with Crippen molar-refractivity contribution in [1.29, 1.82) is 0 Å². The molecule has 1 aliphatic heterocycles. The van der Waals surface area contributed by atoms with E-state index in [4.69, 9.17) is 28.9 Å². The van der Waals surface area contributed by atoms with Gasteiger partial charge in [0.1, 0.15) is 5.82 Å². The van der Waals surface area contributed by atoms with Crippen molar-refractivity contribution in [3.63, 3.8) is 0 Å². The lowest BCUT2D eigenvalue weighted by molar-refractivity contribution is -0.113. The first-order valence-corrected chi connectivity index (χ1v) is 8.88. The van der Waals surface area contributed by atoms with Crippen LogP contribution in [0, 0.1) is 5.82 Å². The molecule has 1 heterocycles. The zero-order valence-electron chi connectivity index (χ0n) is 13.9. The minimum atomic E-state index is -0.436. The van der Waals surface area contributed by atoms with Gasteiger partial charge in [0.15, 0.2) is 0 Å². The molecule has 3 N–H and O–H groups in total. The van der Waals surface area contributed by atoms with Gasteiger partial charge in [0.2, 0.25) is 0 Å². The first kappa shape index (κ1) is 18.7. The minimum Gasteiger partial charge on any atom is -0.401 e. The molecular formula is C19H18Cl2FN3O.